The lowest BCUT2D eigenvalue weighted by Gasteiger charge is -2.51. The van der Waals surface area contributed by atoms with Crippen LogP contribution in [-0.2, 0) is 87.2 Å². The van der Waals surface area contributed by atoms with Gasteiger partial charge < -0.3 is 66.8 Å². The first-order valence-corrected chi connectivity index (χ1v) is 25.8. The minimum atomic E-state index is -1.43. The topological polar surface area (TPSA) is 223 Å². The molecule has 1 aromatic carbocycles. The van der Waals surface area contributed by atoms with Gasteiger partial charge in [-0.05, 0) is 78.5 Å². The normalized spacial score (nSPS) is 34.3. The van der Waals surface area contributed by atoms with Gasteiger partial charge in [0.05, 0.1) is 30.8 Å². The van der Waals surface area contributed by atoms with Crippen molar-refractivity contribution in [3.63, 3.8) is 0 Å². The summed E-state index contributed by atoms with van der Waals surface area (Å²) in [5.74, 6) is -3.75. The Kier molecular flexibility index (Phi) is 24.9. The second kappa shape index (κ2) is 29.5. The van der Waals surface area contributed by atoms with Gasteiger partial charge in [0.15, 0.2) is 30.6 Å². The van der Waals surface area contributed by atoms with E-state index in [0.717, 1.165) is 12.0 Å². The fraction of sp³-hybridized carbons (Fsp3) is 0.792. The molecule has 0 aromatic heterocycles. The number of ether oxygens (including phenoxy) is 12. The molecule has 20 heteroatoms. The third kappa shape index (κ3) is 18.2. The summed E-state index contributed by atoms with van der Waals surface area (Å²) in [5, 5.41) is 12.5. The predicted molar refractivity (Wildman–Crippen MR) is 264 cm³/mol. The summed E-state index contributed by atoms with van der Waals surface area (Å²) in [5.41, 5.74) is -0.195. The number of carbonyl (C=O) groups excluding carboxylic acids is 5. The lowest BCUT2D eigenvalue weighted by Crippen LogP contribution is -2.66. The molecule has 20 nitrogen and oxygen atoms in total. The van der Waals surface area contributed by atoms with Crippen molar-refractivity contribution >= 4 is 29.8 Å². The molecule has 0 unspecified atom stereocenters. The highest BCUT2D eigenvalue weighted by Gasteiger charge is 2.55. The van der Waals surface area contributed by atoms with Gasteiger partial charge in [0.2, 0.25) is 0 Å². The van der Waals surface area contributed by atoms with Gasteiger partial charge in [-0.3, -0.25) is 28.9 Å². The van der Waals surface area contributed by atoms with E-state index in [1.165, 1.54) is 35.2 Å². The second-order valence-corrected chi connectivity index (χ2v) is 20.2. The molecule has 4 rings (SSSR count). The third-order valence-corrected chi connectivity index (χ3v) is 14.1. The van der Waals surface area contributed by atoms with Gasteiger partial charge in [0, 0.05) is 80.5 Å². The maximum absolute atomic E-state index is 14.0. The molecule has 16 atom stereocenters. The zero-order valence-electron chi connectivity index (χ0n) is 45.7. The van der Waals surface area contributed by atoms with Crippen LogP contribution in [0.3, 0.4) is 0 Å². The largest absolute Gasteiger partial charge is 0.463 e. The van der Waals surface area contributed by atoms with Crippen LogP contribution in [0.15, 0.2) is 30.3 Å². The molecule has 0 saturated carbocycles. The van der Waals surface area contributed by atoms with Crippen LogP contribution in [0.4, 0.5) is 0 Å². The molecule has 0 radical (unpaired) electrons. The molecule has 3 aliphatic heterocycles. The minimum Gasteiger partial charge on any atom is -0.463 e. The highest BCUT2D eigenvalue weighted by molar-refractivity contribution is 5.73. The van der Waals surface area contributed by atoms with Gasteiger partial charge in [0.25, 0.3) is 0 Å². The quantitative estimate of drug-likeness (QED) is 0.112. The number of aliphatic hydroxyl groups is 1. The number of hydrogen-bond acceptors (Lipinski definition) is 20. The van der Waals surface area contributed by atoms with Crippen LogP contribution in [0.2, 0.25) is 0 Å². The van der Waals surface area contributed by atoms with E-state index in [2.05, 4.69) is 17.0 Å². The Morgan fingerprint density at radius 3 is 2.10 bits per heavy atom. The molecule has 3 heterocycles. The Balaban J connectivity index is 1.80. The van der Waals surface area contributed by atoms with Crippen molar-refractivity contribution in [1.29, 1.82) is 0 Å². The van der Waals surface area contributed by atoms with E-state index < -0.39 is 134 Å². The summed E-state index contributed by atoms with van der Waals surface area (Å²) in [4.78, 5) is 69.1. The molecule has 416 valence electrons. The first kappa shape index (κ1) is 61.7. The van der Waals surface area contributed by atoms with Crippen LogP contribution < -0.4 is 0 Å². The van der Waals surface area contributed by atoms with E-state index in [-0.39, 0.29) is 31.6 Å². The smallest absolute Gasteiger partial charge is 0.309 e. The van der Waals surface area contributed by atoms with E-state index in [1.54, 1.807) is 60.5 Å². The number of aliphatic hydroxyl groups excluding tert-OH is 1. The molecule has 73 heavy (non-hydrogen) atoms. The van der Waals surface area contributed by atoms with Crippen molar-refractivity contribution < 1.29 is 85.9 Å². The van der Waals surface area contributed by atoms with Crippen molar-refractivity contribution in [3.8, 4) is 0 Å². The van der Waals surface area contributed by atoms with Gasteiger partial charge in [-0.2, -0.15) is 0 Å². The van der Waals surface area contributed by atoms with Crippen molar-refractivity contribution in [2.45, 2.75) is 205 Å². The second-order valence-electron chi connectivity index (χ2n) is 20.2. The fourth-order valence-corrected chi connectivity index (χ4v) is 10.3. The van der Waals surface area contributed by atoms with Gasteiger partial charge in [-0.25, -0.2) is 0 Å². The minimum absolute atomic E-state index is 0.00932. The van der Waals surface area contributed by atoms with Crippen LogP contribution >= 0.6 is 0 Å². The van der Waals surface area contributed by atoms with Crippen LogP contribution in [0.5, 0.6) is 0 Å². The van der Waals surface area contributed by atoms with Crippen LogP contribution in [0, 0.1) is 11.8 Å². The maximum Gasteiger partial charge on any atom is 0.309 e. The van der Waals surface area contributed by atoms with Crippen LogP contribution in [0.1, 0.15) is 113 Å². The summed E-state index contributed by atoms with van der Waals surface area (Å²) < 4.78 is 74.3. The standard InChI is InChI=1S/C53H86N2O18/c1-15-41(58)69-39-28-43(60)65-32(4)22-24-55(25-23-37-20-18-17-19-21-37)30-40(68-35(7)56)31(3)26-38(27-44(62-12)63-13)49(50(39)64-14)72-52-47(61)46(54(10)11)48(33(5)67-52)71-45-29-53(9,73-36(8)57)51(34(6)66-45)70-42(59)16-2/h17-21,31-34,38-40,44-52,61H,15-16,22-30H2,1-14H3/t31-,32-,33-,34+,38-,39-,40+,45+,46-,47-,48-,49+,50+,51+,52+,53-/m1/s1. The van der Waals surface area contributed by atoms with E-state index >= 15 is 0 Å². The number of cyclic esters (lactones) is 1. The predicted octanol–water partition coefficient (Wildman–Crippen LogP) is 4.76. The number of likely N-dealkylation sites (N-methyl/N-ethyl adjacent to an activating group) is 1. The molecular formula is C53H86N2O18. The SMILES string of the molecule is CCC(=O)O[C@@H]1CC(=O)O[C@H](C)CCN(CCc2ccccc2)C[C@H](OC(C)=O)[C@H](C)C[C@H](CC(OC)OC)[C@H](O[C@@H]2O[C@H](C)[C@@H](O[C@H]3C[C@@](C)(OC(C)=O)[C@@H](OC(=O)CC)[C@H](C)O3)[C@H](N(C)C)[C@H]2O)[C@H]1OC. The average molecular weight is 1040 g/mol. The third-order valence-electron chi connectivity index (χ3n) is 14.1. The average Bonchev–Trinajstić information content (AvgIpc) is 3.32. The monoisotopic (exact) mass is 1040 g/mol. The summed E-state index contributed by atoms with van der Waals surface area (Å²) in [7, 11) is 7.97. The van der Waals surface area contributed by atoms with Crippen molar-refractivity contribution in [3.05, 3.63) is 35.9 Å². The summed E-state index contributed by atoms with van der Waals surface area (Å²) >= 11 is 0. The van der Waals surface area contributed by atoms with E-state index in [0.29, 0.717) is 32.5 Å². The molecule has 0 spiro atoms. The molecule has 0 aliphatic carbocycles. The van der Waals surface area contributed by atoms with Crippen LogP contribution in [-0.4, -0.2) is 191 Å². The van der Waals surface area contributed by atoms with Crippen LogP contribution in [0.25, 0.3) is 0 Å². The Morgan fingerprint density at radius 1 is 0.849 bits per heavy atom. The Labute approximate surface area is 432 Å². The number of nitrogens with zero attached hydrogens (tertiary/aromatic N) is 2. The summed E-state index contributed by atoms with van der Waals surface area (Å²) in [6.45, 7) is 16.4. The maximum atomic E-state index is 14.0. The molecule has 1 aromatic rings. The highest BCUT2D eigenvalue weighted by atomic mass is 16.7. The van der Waals surface area contributed by atoms with Gasteiger partial charge in [-0.1, -0.05) is 51.1 Å². The molecule has 3 aliphatic rings. The van der Waals surface area contributed by atoms with Crippen molar-refractivity contribution in [1.82, 2.24) is 9.80 Å². The van der Waals surface area contributed by atoms with E-state index in [1.807, 2.05) is 25.1 Å². The Bertz CT molecular complexity index is 1870. The van der Waals surface area contributed by atoms with Crippen molar-refractivity contribution in [2.24, 2.45) is 11.8 Å². The Morgan fingerprint density at radius 2 is 1.51 bits per heavy atom. The zero-order valence-corrected chi connectivity index (χ0v) is 45.7. The number of rotatable bonds is 19. The van der Waals surface area contributed by atoms with Crippen molar-refractivity contribution in [2.75, 3.05) is 55.1 Å². The van der Waals surface area contributed by atoms with E-state index in [9.17, 15) is 29.1 Å². The summed E-state index contributed by atoms with van der Waals surface area (Å²) in [6, 6.07) is 9.24. The summed E-state index contributed by atoms with van der Waals surface area (Å²) in [6.07, 6.45) is -11.5. The first-order chi connectivity index (χ1) is 34.6. The lowest BCUT2D eigenvalue weighted by molar-refractivity contribution is -0.345. The lowest BCUT2D eigenvalue weighted by atomic mass is 9.81. The molecule has 3 fully saturated rings. The zero-order chi connectivity index (χ0) is 54.2. The number of carbonyl (C=O) groups is 5. The number of methoxy groups -OCH3 is 3. The highest BCUT2D eigenvalue weighted by Crippen LogP contribution is 2.40. The Hall–Kier alpha value is -3.83. The van der Waals surface area contributed by atoms with Gasteiger partial charge >= 0.3 is 29.8 Å². The molecule has 1 N–H and O–H groups in total. The molecular weight excluding hydrogens is 953 g/mol. The number of benzene rings is 1. The van der Waals surface area contributed by atoms with Gasteiger partial charge in [0.1, 0.15) is 36.6 Å². The molecule has 3 saturated heterocycles. The molecule has 0 amide bonds. The van der Waals surface area contributed by atoms with E-state index in [4.69, 9.17) is 56.8 Å². The first-order valence-electron chi connectivity index (χ1n) is 25.8. The molecule has 0 bridgehead atoms. The van der Waals surface area contributed by atoms with Gasteiger partial charge in [-0.15, -0.1) is 0 Å². The number of hydrogen-bond donors (Lipinski definition) is 1. The number of esters is 5. The fourth-order valence-electron chi connectivity index (χ4n) is 10.3.